The van der Waals surface area contributed by atoms with Crippen molar-refractivity contribution in [3.05, 3.63) is 81.9 Å². The van der Waals surface area contributed by atoms with Gasteiger partial charge in [-0.2, -0.15) is 0 Å². The molecule has 2 aliphatic rings. The number of hydrazone groups is 1. The fraction of sp³-hybridized carbons (Fsp3) is 0.718. The largest absolute Gasteiger partial charge is 0.472 e. The van der Waals surface area contributed by atoms with Gasteiger partial charge in [-0.15, -0.1) is 0 Å². The second-order valence-electron chi connectivity index (χ2n) is 30.8. The lowest BCUT2D eigenvalue weighted by atomic mass is 10.0. The van der Waals surface area contributed by atoms with E-state index in [1.165, 1.54) is 132 Å². The summed E-state index contributed by atoms with van der Waals surface area (Å²) in [5.74, 6) is -7.93. The minimum absolute atomic E-state index is 0.00448. The van der Waals surface area contributed by atoms with E-state index < -0.39 is 153 Å². The van der Waals surface area contributed by atoms with E-state index in [9.17, 15) is 72.3 Å². The number of esters is 4. The average Bonchev–Trinajstić information content (AvgIpc) is 1.64. The second kappa shape index (κ2) is 61.7. The van der Waals surface area contributed by atoms with Crippen LogP contribution < -0.4 is 37.6 Å². The van der Waals surface area contributed by atoms with Crippen LogP contribution in [-0.2, 0) is 87.1 Å². The van der Waals surface area contributed by atoms with Crippen LogP contribution in [0.25, 0.3) is 0 Å². The van der Waals surface area contributed by atoms with Gasteiger partial charge in [-0.3, -0.25) is 52.2 Å². The third-order valence-corrected chi connectivity index (χ3v) is 21.8. The molecule has 7 amide bonds. The lowest BCUT2D eigenvalue weighted by Gasteiger charge is -2.34. The van der Waals surface area contributed by atoms with Gasteiger partial charge in [0.25, 0.3) is 5.96 Å². The average molecular weight is 1680 g/mol. The molecule has 33 heteroatoms. The second-order valence-corrected chi connectivity index (χ2v) is 32.2. The fourth-order valence-electron chi connectivity index (χ4n) is 14.1. The zero-order valence-electron chi connectivity index (χ0n) is 70.6. The van der Waals surface area contributed by atoms with Gasteiger partial charge in [-0.05, 0) is 88.8 Å². The number of carbonyl (C=O) groups excluding carboxylic acids is 11. The summed E-state index contributed by atoms with van der Waals surface area (Å²) in [7, 11) is -4.80. The summed E-state index contributed by atoms with van der Waals surface area (Å²) in [5, 5.41) is 28.5. The molecule has 8 unspecified atom stereocenters. The SMILES string of the molecule is CCCCCCCCCCCCCCCC(=O)OCC(COP(=O)(O)OCCNC(=O)CCCC(=O)NCC(=O)NC(C(=O)NC(CCCCC)C(=O)N1CCCC1C(=O)N1CCCC1C(=O)NC(CCCNC(N)=N[N+](=O)[O-])C(=O)OCc1ccccc1)C(C)OC(=O)c1ccccc1)OC(=O)CCCCCCCCCCCCCCC. The standard InChI is InChI=1S/C85H138N11O21P/c1-5-8-11-13-15-17-19-21-23-25-27-29-38-54-76(100)112-63-68(117-77(101)55-39-30-28-26-24-22-20-18-16-14-12-9-6-2)64-115-118(110,111)114-60-57-87-73(97)52-40-53-74(98)89-61-75(99)92-78(65(4)116-83(106)67-46-36-32-37-47-67)80(103)90-69(48-33-10-7-3)81(104)95-59-43-51-72(95)82(105)94-58-42-50-71(94)79(102)91-70(49-41-56-88-85(86)93-96(108)109)84(107)113-62-66-44-34-31-35-45-66/h31-32,34-37,44-47,65,68-72,78H,5-30,33,38-43,48-64H2,1-4H3,(H,87,97)(H,89,98)(H,90,103)(H,91,102)(H,92,99)(H,110,111)(H3,86,88,93). The van der Waals surface area contributed by atoms with Crippen molar-refractivity contribution in [2.75, 3.05) is 52.5 Å². The van der Waals surface area contributed by atoms with Gasteiger partial charge in [0.05, 0.1) is 25.3 Å². The van der Waals surface area contributed by atoms with Gasteiger partial charge in [-0.1, -0.05) is 243 Å². The van der Waals surface area contributed by atoms with Crippen molar-refractivity contribution in [2.24, 2.45) is 10.8 Å². The molecule has 0 aromatic heterocycles. The van der Waals surface area contributed by atoms with Gasteiger partial charge in [0.2, 0.25) is 41.4 Å². The number of likely N-dealkylation sites (tertiary alicyclic amines) is 2. The summed E-state index contributed by atoms with van der Waals surface area (Å²) in [6.07, 6.45) is 30.3. The first kappa shape index (κ1) is 102. The Kier molecular flexibility index (Phi) is 53.2. The Labute approximate surface area is 698 Å². The zero-order valence-corrected chi connectivity index (χ0v) is 71.5. The van der Waals surface area contributed by atoms with Crippen molar-refractivity contribution in [1.82, 2.24) is 41.7 Å². The highest BCUT2D eigenvalue weighted by Crippen LogP contribution is 2.43. The van der Waals surface area contributed by atoms with Gasteiger partial charge in [0.1, 0.15) is 54.6 Å². The highest BCUT2D eigenvalue weighted by Gasteiger charge is 2.45. The summed E-state index contributed by atoms with van der Waals surface area (Å²) in [6.45, 7) is 5.53. The number of nitrogens with zero attached hydrogens (tertiary/aromatic N) is 4. The van der Waals surface area contributed by atoms with Crippen molar-refractivity contribution in [1.29, 1.82) is 0 Å². The number of nitro groups is 1. The van der Waals surface area contributed by atoms with Gasteiger partial charge >= 0.3 is 31.7 Å². The van der Waals surface area contributed by atoms with Crippen molar-refractivity contribution in [2.45, 2.75) is 340 Å². The first-order chi connectivity index (χ1) is 56.9. The van der Waals surface area contributed by atoms with Gasteiger partial charge in [-0.25, -0.2) is 24.3 Å². The number of hydrogen-bond donors (Lipinski definition) is 8. The Morgan fingerprint density at radius 3 is 1.64 bits per heavy atom. The summed E-state index contributed by atoms with van der Waals surface area (Å²) in [5.41, 5.74) is 6.39. The van der Waals surface area contributed by atoms with E-state index >= 15 is 0 Å². The maximum absolute atomic E-state index is 14.9. The molecule has 9 N–H and O–H groups in total. The van der Waals surface area contributed by atoms with Crippen molar-refractivity contribution < 1.29 is 95.2 Å². The molecular weight excluding hydrogens is 1540 g/mol. The summed E-state index contributed by atoms with van der Waals surface area (Å²) in [6, 6.07) is 10.5. The van der Waals surface area contributed by atoms with Crippen LogP contribution >= 0.6 is 7.82 Å². The Hall–Kier alpha value is -8.61. The highest BCUT2D eigenvalue weighted by atomic mass is 31.2. The zero-order chi connectivity index (χ0) is 86.0. The van der Waals surface area contributed by atoms with Crippen molar-refractivity contribution in [3.63, 3.8) is 0 Å². The molecule has 2 aromatic rings. The number of unbranched alkanes of at least 4 members (excludes halogenated alkanes) is 26. The molecule has 118 heavy (non-hydrogen) atoms. The molecule has 0 bridgehead atoms. The highest BCUT2D eigenvalue weighted by molar-refractivity contribution is 7.47. The Morgan fingerprint density at radius 2 is 1.07 bits per heavy atom. The molecule has 0 spiro atoms. The van der Waals surface area contributed by atoms with E-state index in [0.717, 1.165) is 57.8 Å². The van der Waals surface area contributed by atoms with Crippen LogP contribution in [0.4, 0.5) is 0 Å². The van der Waals surface area contributed by atoms with Crippen molar-refractivity contribution >= 4 is 79.0 Å². The Morgan fingerprint density at radius 1 is 0.551 bits per heavy atom. The number of phosphoric ester groups is 1. The maximum Gasteiger partial charge on any atom is 0.472 e. The number of nitrogens with one attached hydrogen (secondary N) is 6. The number of benzene rings is 2. The molecular formula is C85H138N11O21P. The predicted molar refractivity (Wildman–Crippen MR) is 446 cm³/mol. The summed E-state index contributed by atoms with van der Waals surface area (Å²) in [4.78, 5) is 175. The number of carbonyl (C=O) groups is 11. The number of nitrogens with two attached hydrogens (primary N) is 1. The quantitative estimate of drug-likeness (QED) is 0.00446. The molecule has 2 aliphatic heterocycles. The monoisotopic (exact) mass is 1680 g/mol. The minimum Gasteiger partial charge on any atom is -0.462 e. The third-order valence-electron chi connectivity index (χ3n) is 20.8. The van der Waals surface area contributed by atoms with Crippen LogP contribution in [0, 0.1) is 10.1 Å². The van der Waals surface area contributed by atoms with Crippen LogP contribution in [0.1, 0.15) is 307 Å². The first-order valence-corrected chi connectivity index (χ1v) is 45.1. The molecule has 0 aliphatic carbocycles. The van der Waals surface area contributed by atoms with Crippen LogP contribution in [0.15, 0.2) is 65.8 Å². The van der Waals surface area contributed by atoms with Crippen LogP contribution in [0.2, 0.25) is 0 Å². The Bertz CT molecular complexity index is 3380. The van der Waals surface area contributed by atoms with E-state index in [1.54, 1.807) is 48.5 Å². The first-order valence-electron chi connectivity index (χ1n) is 43.7. The summed E-state index contributed by atoms with van der Waals surface area (Å²) < 4.78 is 45.8. The molecule has 2 saturated heterocycles. The number of rotatable bonds is 66. The Balaban J connectivity index is 1.30. The molecule has 2 heterocycles. The molecule has 4 rings (SSSR count). The van der Waals surface area contributed by atoms with Crippen LogP contribution in [-0.4, -0.2) is 186 Å². The van der Waals surface area contributed by atoms with E-state index in [-0.39, 0.29) is 103 Å². The fourth-order valence-corrected chi connectivity index (χ4v) is 14.9. The topological polar surface area (TPSA) is 441 Å². The number of ether oxygens (including phenoxy) is 4. The number of guanidine groups is 1. The predicted octanol–water partition coefficient (Wildman–Crippen LogP) is 11.8. The number of hydrogen-bond acceptors (Lipinski definition) is 20. The van der Waals surface area contributed by atoms with Crippen molar-refractivity contribution in [3.8, 4) is 0 Å². The molecule has 0 saturated carbocycles. The lowest BCUT2D eigenvalue weighted by molar-refractivity contribution is -0.485. The van der Waals surface area contributed by atoms with E-state index in [0.29, 0.717) is 44.1 Å². The molecule has 8 atom stereocenters. The number of phosphoric acid groups is 1. The maximum atomic E-state index is 14.9. The van der Waals surface area contributed by atoms with E-state index in [2.05, 4.69) is 50.8 Å². The van der Waals surface area contributed by atoms with E-state index in [1.807, 2.05) is 6.92 Å². The van der Waals surface area contributed by atoms with Gasteiger partial charge in [0, 0.05) is 51.9 Å². The van der Waals surface area contributed by atoms with Crippen LogP contribution in [0.5, 0.6) is 0 Å². The molecule has 2 aromatic carbocycles. The van der Waals surface area contributed by atoms with Gasteiger partial charge < -0.3 is 71.3 Å². The normalized spacial score (nSPS) is 15.8. The van der Waals surface area contributed by atoms with Gasteiger partial charge in [0.15, 0.2) is 11.1 Å². The number of amides is 7. The smallest absolute Gasteiger partial charge is 0.462 e. The molecule has 0 radical (unpaired) electrons. The third kappa shape index (κ3) is 45.0. The summed E-state index contributed by atoms with van der Waals surface area (Å²) >= 11 is 0. The lowest BCUT2D eigenvalue weighted by Crippen LogP contribution is -2.60. The van der Waals surface area contributed by atoms with E-state index in [4.69, 9.17) is 33.7 Å². The minimum atomic E-state index is -4.80. The molecule has 32 nitrogen and oxygen atoms in total. The molecule has 2 fully saturated rings. The molecule has 664 valence electrons. The van der Waals surface area contributed by atoms with Crippen LogP contribution in [0.3, 0.4) is 0 Å².